The van der Waals surface area contributed by atoms with Gasteiger partial charge in [0.05, 0.1) is 0 Å². The minimum atomic E-state index is -0.919. The first-order valence-electron chi connectivity index (χ1n) is 5.76. The molecule has 0 aromatic rings. The summed E-state index contributed by atoms with van der Waals surface area (Å²) in [5, 5.41) is 9.26. The van der Waals surface area contributed by atoms with E-state index in [9.17, 15) is 9.59 Å². The Balaban J connectivity index is 4.95. The molecule has 0 amide bonds. The number of hydrogen-bond acceptors (Lipinski definition) is 5. The maximum atomic E-state index is 11.8. The molecule has 109 valence electrons. The zero-order chi connectivity index (χ0) is 15.4. The first-order chi connectivity index (χ1) is 8.32. The highest BCUT2D eigenvalue weighted by atomic mass is 16.6. The molecule has 0 saturated carbocycles. The molecule has 0 heterocycles. The standard InChI is InChI=1S/C12H22N3O4/c1-11(2,3)18-8(16)7(15-10(13)14)9(17)19-12(4,5)6/h1-6H3,(H4,13,14,15). The molecule has 0 atom stereocenters. The zero-order valence-corrected chi connectivity index (χ0v) is 12.2. The van der Waals surface area contributed by atoms with Gasteiger partial charge in [-0.1, -0.05) is 0 Å². The molecule has 0 spiro atoms. The van der Waals surface area contributed by atoms with Crippen LogP contribution < -0.4 is 11.1 Å². The monoisotopic (exact) mass is 272 g/mol. The smallest absolute Gasteiger partial charge is 0.348 e. The highest BCUT2D eigenvalue weighted by Crippen LogP contribution is 2.15. The quantitative estimate of drug-likeness (QED) is 0.301. The third-order valence-corrected chi connectivity index (χ3v) is 1.47. The van der Waals surface area contributed by atoms with Gasteiger partial charge >= 0.3 is 11.9 Å². The van der Waals surface area contributed by atoms with Gasteiger partial charge in [-0.25, -0.2) is 9.59 Å². The molecule has 0 saturated heterocycles. The van der Waals surface area contributed by atoms with Gasteiger partial charge < -0.3 is 20.5 Å². The van der Waals surface area contributed by atoms with E-state index in [-0.39, 0.29) is 0 Å². The summed E-state index contributed by atoms with van der Waals surface area (Å²) in [7, 11) is 0. The van der Waals surface area contributed by atoms with Crippen molar-refractivity contribution in [3.8, 4) is 0 Å². The van der Waals surface area contributed by atoms with Crippen molar-refractivity contribution < 1.29 is 19.1 Å². The molecule has 1 radical (unpaired) electrons. The van der Waals surface area contributed by atoms with Crippen LogP contribution in [0.4, 0.5) is 0 Å². The summed E-state index contributed by atoms with van der Waals surface area (Å²) in [6.07, 6.45) is 0. The number of nitrogens with two attached hydrogens (primary N) is 1. The van der Waals surface area contributed by atoms with Crippen molar-refractivity contribution in [3.63, 3.8) is 0 Å². The van der Waals surface area contributed by atoms with Gasteiger partial charge in [0.15, 0.2) is 5.96 Å². The number of carbonyl (C=O) groups is 2. The Labute approximate surface area is 113 Å². The second-order valence-electron chi connectivity index (χ2n) is 5.92. The van der Waals surface area contributed by atoms with Crippen molar-refractivity contribution in [1.82, 2.24) is 5.32 Å². The first kappa shape index (κ1) is 17.2. The average Bonchev–Trinajstić information content (AvgIpc) is 2.07. The van der Waals surface area contributed by atoms with Gasteiger partial charge in [0.2, 0.25) is 0 Å². The van der Waals surface area contributed by atoms with Crippen molar-refractivity contribution in [2.45, 2.75) is 52.7 Å². The molecule has 0 rings (SSSR count). The van der Waals surface area contributed by atoms with Crippen LogP contribution in [0.25, 0.3) is 0 Å². The summed E-state index contributed by atoms with van der Waals surface area (Å²) in [5.41, 5.74) is 3.58. The van der Waals surface area contributed by atoms with E-state index >= 15 is 0 Å². The molecule has 7 nitrogen and oxygen atoms in total. The van der Waals surface area contributed by atoms with Crippen molar-refractivity contribution >= 4 is 17.9 Å². The van der Waals surface area contributed by atoms with Crippen LogP contribution >= 0.6 is 0 Å². The first-order valence-corrected chi connectivity index (χ1v) is 5.76. The third kappa shape index (κ3) is 8.01. The van der Waals surface area contributed by atoms with Crippen LogP contribution in [0.5, 0.6) is 0 Å². The molecule has 7 heteroatoms. The predicted octanol–water partition coefficient (Wildman–Crippen LogP) is 0.685. The summed E-state index contributed by atoms with van der Waals surface area (Å²) in [6.45, 7) is 9.95. The molecule has 0 bridgehead atoms. The van der Waals surface area contributed by atoms with Gasteiger partial charge in [-0.15, -0.1) is 0 Å². The molecule has 19 heavy (non-hydrogen) atoms. The SMILES string of the molecule is CC(C)(C)OC(=O)[C](NC(=N)N)C(=O)OC(C)(C)C. The van der Waals surface area contributed by atoms with Crippen molar-refractivity contribution in [1.29, 1.82) is 5.41 Å². The number of ether oxygens (including phenoxy) is 2. The highest BCUT2D eigenvalue weighted by Gasteiger charge is 2.36. The van der Waals surface area contributed by atoms with Gasteiger partial charge in [0, 0.05) is 0 Å². The fourth-order valence-corrected chi connectivity index (χ4v) is 0.978. The Hall–Kier alpha value is -1.79. The second-order valence-corrected chi connectivity index (χ2v) is 5.92. The van der Waals surface area contributed by atoms with Crippen LogP contribution in [0.3, 0.4) is 0 Å². The van der Waals surface area contributed by atoms with E-state index in [1.807, 2.05) is 0 Å². The predicted molar refractivity (Wildman–Crippen MR) is 70.0 cm³/mol. The lowest BCUT2D eigenvalue weighted by atomic mass is 10.1. The van der Waals surface area contributed by atoms with E-state index in [1.165, 1.54) is 0 Å². The van der Waals surface area contributed by atoms with Crippen LogP contribution in [0.15, 0.2) is 0 Å². The van der Waals surface area contributed by atoms with Gasteiger partial charge in [-0.05, 0) is 41.5 Å². The van der Waals surface area contributed by atoms with Crippen LogP contribution in [0.1, 0.15) is 41.5 Å². The van der Waals surface area contributed by atoms with Gasteiger partial charge in [0.1, 0.15) is 11.2 Å². The normalized spacial score (nSPS) is 11.9. The summed E-state index contributed by atoms with van der Waals surface area (Å²) in [4.78, 5) is 23.7. The fraction of sp³-hybridized carbons (Fsp3) is 0.667. The third-order valence-electron chi connectivity index (χ3n) is 1.47. The van der Waals surface area contributed by atoms with Crippen molar-refractivity contribution in [2.24, 2.45) is 5.73 Å². The molecule has 4 N–H and O–H groups in total. The minimum absolute atomic E-state index is 0.516. The highest BCUT2D eigenvalue weighted by molar-refractivity contribution is 6.12. The lowest BCUT2D eigenvalue weighted by Gasteiger charge is -2.25. The van der Waals surface area contributed by atoms with Crippen LogP contribution in [0, 0.1) is 11.5 Å². The Morgan fingerprint density at radius 2 is 1.26 bits per heavy atom. The Kier molecular flexibility index (Phi) is 5.34. The largest absolute Gasteiger partial charge is 0.458 e. The number of hydrogen-bond donors (Lipinski definition) is 3. The molecular weight excluding hydrogens is 250 g/mol. The van der Waals surface area contributed by atoms with E-state index in [0.29, 0.717) is 0 Å². The topological polar surface area (TPSA) is 115 Å². The molecule has 0 aromatic carbocycles. The van der Waals surface area contributed by atoms with Crippen LogP contribution in [0.2, 0.25) is 0 Å². The molecule has 0 aromatic heterocycles. The van der Waals surface area contributed by atoms with Crippen LogP contribution in [-0.2, 0) is 19.1 Å². The molecule has 0 aliphatic heterocycles. The summed E-state index contributed by atoms with van der Waals surface area (Å²) >= 11 is 0. The molecule has 0 fully saturated rings. The molecule has 0 aliphatic rings. The minimum Gasteiger partial charge on any atom is -0.458 e. The average molecular weight is 272 g/mol. The summed E-state index contributed by atoms with van der Waals surface area (Å²) in [5.74, 6) is -2.39. The van der Waals surface area contributed by atoms with E-state index < -0.39 is 35.1 Å². The maximum Gasteiger partial charge on any atom is 0.348 e. The van der Waals surface area contributed by atoms with E-state index in [2.05, 4.69) is 5.32 Å². The maximum absolute atomic E-state index is 11.8. The molecule has 0 aliphatic carbocycles. The number of guanidine groups is 1. The van der Waals surface area contributed by atoms with Crippen LogP contribution in [-0.4, -0.2) is 29.1 Å². The zero-order valence-electron chi connectivity index (χ0n) is 12.2. The fourth-order valence-electron chi connectivity index (χ4n) is 0.978. The summed E-state index contributed by atoms with van der Waals surface area (Å²) < 4.78 is 10.1. The molecular formula is C12H22N3O4. The van der Waals surface area contributed by atoms with E-state index in [0.717, 1.165) is 0 Å². The van der Waals surface area contributed by atoms with Crippen molar-refractivity contribution in [2.75, 3.05) is 0 Å². The van der Waals surface area contributed by atoms with E-state index in [1.54, 1.807) is 41.5 Å². The van der Waals surface area contributed by atoms with E-state index in [4.69, 9.17) is 20.6 Å². The number of carbonyl (C=O) groups excluding carboxylic acids is 2. The Morgan fingerprint density at radius 3 is 1.47 bits per heavy atom. The Morgan fingerprint density at radius 1 is 0.947 bits per heavy atom. The Bertz CT molecular complexity index is 338. The summed E-state index contributed by atoms with van der Waals surface area (Å²) in [6, 6.07) is -0.516. The lowest BCUT2D eigenvalue weighted by molar-refractivity contribution is -0.163. The van der Waals surface area contributed by atoms with Crippen molar-refractivity contribution in [3.05, 3.63) is 6.04 Å². The number of rotatable bonds is 3. The van der Waals surface area contributed by atoms with Gasteiger partial charge in [-0.2, -0.15) is 0 Å². The number of esters is 2. The second kappa shape index (κ2) is 5.90. The molecule has 0 unspecified atom stereocenters. The van der Waals surface area contributed by atoms with Gasteiger partial charge in [0.25, 0.3) is 6.04 Å². The lowest BCUT2D eigenvalue weighted by Crippen LogP contribution is -2.46. The number of nitrogens with one attached hydrogen (secondary N) is 2. The van der Waals surface area contributed by atoms with Gasteiger partial charge in [-0.3, -0.25) is 5.41 Å².